The summed E-state index contributed by atoms with van der Waals surface area (Å²) in [5.41, 5.74) is 0. The van der Waals surface area contributed by atoms with Crippen LogP contribution in [0.2, 0.25) is 0 Å². The van der Waals surface area contributed by atoms with Gasteiger partial charge in [0, 0.05) is 24.5 Å². The van der Waals surface area contributed by atoms with Crippen molar-refractivity contribution in [2.24, 2.45) is 5.92 Å². The van der Waals surface area contributed by atoms with E-state index in [4.69, 9.17) is 0 Å². The Labute approximate surface area is 141 Å². The summed E-state index contributed by atoms with van der Waals surface area (Å²) in [6.45, 7) is 8.30. The van der Waals surface area contributed by atoms with Crippen molar-refractivity contribution < 1.29 is 0 Å². The van der Waals surface area contributed by atoms with E-state index >= 15 is 0 Å². The lowest BCUT2D eigenvalue weighted by Gasteiger charge is -2.24. The molecule has 1 aliphatic carbocycles. The van der Waals surface area contributed by atoms with Gasteiger partial charge in [-0.1, -0.05) is 38.0 Å². The van der Waals surface area contributed by atoms with Gasteiger partial charge in [0.2, 0.25) is 0 Å². The molecule has 0 radical (unpaired) electrons. The van der Waals surface area contributed by atoms with Crippen LogP contribution in [0.1, 0.15) is 39.0 Å². The van der Waals surface area contributed by atoms with Gasteiger partial charge < -0.3 is 10.2 Å². The molecular weight excluding hydrogens is 288 g/mol. The van der Waals surface area contributed by atoms with Gasteiger partial charge in [0.25, 0.3) is 0 Å². The highest BCUT2D eigenvalue weighted by Gasteiger charge is 2.17. The van der Waals surface area contributed by atoms with E-state index in [2.05, 4.69) is 47.5 Å². The zero-order valence-corrected chi connectivity index (χ0v) is 14.9. The van der Waals surface area contributed by atoms with Gasteiger partial charge in [-0.05, 0) is 56.2 Å². The fourth-order valence-corrected chi connectivity index (χ4v) is 4.08. The maximum absolute atomic E-state index is 3.61. The Bertz CT molecular complexity index is 376. The largest absolute Gasteiger partial charge is 0.315 e. The Morgan fingerprint density at radius 2 is 1.91 bits per heavy atom. The number of nitrogens with one attached hydrogen (secondary N) is 1. The first kappa shape index (κ1) is 17.8. The fourth-order valence-electron chi connectivity index (χ4n) is 3.20. The molecule has 0 unspecified atom stereocenters. The van der Waals surface area contributed by atoms with Crippen molar-refractivity contribution in [2.75, 3.05) is 38.5 Å². The van der Waals surface area contributed by atoms with Gasteiger partial charge in [-0.2, -0.15) is 0 Å². The third-order valence-electron chi connectivity index (χ3n) is 4.55. The molecule has 0 aliphatic heterocycles. The SMILES string of the molecule is CCN(CCNCCCSc1ccccc1)CC1CCCC1. The van der Waals surface area contributed by atoms with E-state index in [1.807, 2.05) is 11.8 Å². The van der Waals surface area contributed by atoms with E-state index in [0.717, 1.165) is 19.0 Å². The van der Waals surface area contributed by atoms with E-state index in [1.165, 1.54) is 62.4 Å². The van der Waals surface area contributed by atoms with Crippen molar-refractivity contribution in [2.45, 2.75) is 43.9 Å². The third kappa shape index (κ3) is 7.17. The zero-order chi connectivity index (χ0) is 15.5. The number of nitrogens with zero attached hydrogens (tertiary/aromatic N) is 1. The van der Waals surface area contributed by atoms with Crippen molar-refractivity contribution >= 4 is 11.8 Å². The number of benzene rings is 1. The van der Waals surface area contributed by atoms with Crippen LogP contribution in [0, 0.1) is 5.92 Å². The van der Waals surface area contributed by atoms with Crippen LogP contribution in [-0.4, -0.2) is 43.4 Å². The van der Waals surface area contributed by atoms with Gasteiger partial charge in [-0.15, -0.1) is 11.8 Å². The normalized spacial score (nSPS) is 15.7. The lowest BCUT2D eigenvalue weighted by Crippen LogP contribution is -2.35. The molecule has 0 heterocycles. The minimum atomic E-state index is 0.974. The number of rotatable bonds is 11. The molecule has 2 rings (SSSR count). The number of hydrogen-bond donors (Lipinski definition) is 1. The van der Waals surface area contributed by atoms with E-state index in [9.17, 15) is 0 Å². The maximum Gasteiger partial charge on any atom is 0.0107 e. The summed E-state index contributed by atoms with van der Waals surface area (Å²) in [5, 5.41) is 3.61. The predicted molar refractivity (Wildman–Crippen MR) is 98.7 cm³/mol. The van der Waals surface area contributed by atoms with Gasteiger partial charge in [0.05, 0.1) is 0 Å². The van der Waals surface area contributed by atoms with Crippen molar-refractivity contribution in [3.05, 3.63) is 30.3 Å². The zero-order valence-electron chi connectivity index (χ0n) is 14.1. The van der Waals surface area contributed by atoms with Crippen LogP contribution in [0.4, 0.5) is 0 Å². The number of likely N-dealkylation sites (N-methyl/N-ethyl adjacent to an activating group) is 1. The van der Waals surface area contributed by atoms with Crippen LogP contribution in [-0.2, 0) is 0 Å². The summed E-state index contributed by atoms with van der Waals surface area (Å²) in [7, 11) is 0. The molecule has 0 aromatic heterocycles. The highest BCUT2D eigenvalue weighted by atomic mass is 32.2. The quantitative estimate of drug-likeness (QED) is 0.484. The number of thioether (sulfide) groups is 1. The number of hydrogen-bond acceptors (Lipinski definition) is 3. The van der Waals surface area contributed by atoms with Crippen LogP contribution in [0.25, 0.3) is 0 Å². The van der Waals surface area contributed by atoms with E-state index in [0.29, 0.717) is 0 Å². The van der Waals surface area contributed by atoms with Crippen molar-refractivity contribution in [1.29, 1.82) is 0 Å². The van der Waals surface area contributed by atoms with Crippen LogP contribution < -0.4 is 5.32 Å². The minimum Gasteiger partial charge on any atom is -0.315 e. The Hall–Kier alpha value is -0.510. The lowest BCUT2D eigenvalue weighted by molar-refractivity contribution is 0.242. The molecule has 1 aliphatic rings. The monoisotopic (exact) mass is 320 g/mol. The van der Waals surface area contributed by atoms with Gasteiger partial charge >= 0.3 is 0 Å². The predicted octanol–water partition coefficient (Wildman–Crippen LogP) is 4.27. The molecule has 1 saturated carbocycles. The highest BCUT2D eigenvalue weighted by Crippen LogP contribution is 2.25. The maximum atomic E-state index is 3.61. The van der Waals surface area contributed by atoms with Crippen LogP contribution in [0.3, 0.4) is 0 Å². The second-order valence-corrected chi connectivity index (χ2v) is 7.48. The van der Waals surface area contributed by atoms with Crippen molar-refractivity contribution in [1.82, 2.24) is 10.2 Å². The van der Waals surface area contributed by atoms with Crippen LogP contribution in [0.15, 0.2) is 35.2 Å². The first-order valence-corrected chi connectivity index (χ1v) is 9.98. The molecule has 2 nitrogen and oxygen atoms in total. The molecule has 0 spiro atoms. The summed E-state index contributed by atoms with van der Waals surface area (Å²) >= 11 is 1.96. The van der Waals surface area contributed by atoms with Gasteiger partial charge in [-0.3, -0.25) is 0 Å². The molecule has 1 N–H and O–H groups in total. The third-order valence-corrected chi connectivity index (χ3v) is 5.65. The van der Waals surface area contributed by atoms with E-state index in [1.54, 1.807) is 0 Å². The molecule has 1 aromatic carbocycles. The van der Waals surface area contributed by atoms with Gasteiger partial charge in [0.15, 0.2) is 0 Å². The molecule has 1 fully saturated rings. The molecular formula is C19H32N2S. The summed E-state index contributed by atoms with van der Waals surface area (Å²) in [5.74, 6) is 2.18. The summed E-state index contributed by atoms with van der Waals surface area (Å²) < 4.78 is 0. The Morgan fingerprint density at radius 3 is 2.64 bits per heavy atom. The molecule has 3 heteroatoms. The summed E-state index contributed by atoms with van der Waals surface area (Å²) in [6, 6.07) is 10.7. The average molecular weight is 321 g/mol. The van der Waals surface area contributed by atoms with Gasteiger partial charge in [0.1, 0.15) is 0 Å². The first-order valence-electron chi connectivity index (χ1n) is 8.99. The average Bonchev–Trinajstić information content (AvgIpc) is 3.07. The Balaban J connectivity index is 1.45. The topological polar surface area (TPSA) is 15.3 Å². The molecule has 22 heavy (non-hydrogen) atoms. The second-order valence-electron chi connectivity index (χ2n) is 6.31. The Kier molecular flexibility index (Phi) is 8.99. The lowest BCUT2D eigenvalue weighted by atomic mass is 10.1. The van der Waals surface area contributed by atoms with E-state index in [-0.39, 0.29) is 0 Å². The summed E-state index contributed by atoms with van der Waals surface area (Å²) in [6.07, 6.45) is 7.08. The molecule has 0 atom stereocenters. The molecule has 1 aromatic rings. The second kappa shape index (κ2) is 11.1. The molecule has 0 bridgehead atoms. The van der Waals surface area contributed by atoms with Crippen LogP contribution >= 0.6 is 11.8 Å². The van der Waals surface area contributed by atoms with Crippen molar-refractivity contribution in [3.63, 3.8) is 0 Å². The molecule has 0 amide bonds. The summed E-state index contributed by atoms with van der Waals surface area (Å²) in [4.78, 5) is 4.01. The van der Waals surface area contributed by atoms with Crippen LogP contribution in [0.5, 0.6) is 0 Å². The fraction of sp³-hybridized carbons (Fsp3) is 0.684. The first-order chi connectivity index (χ1) is 10.9. The van der Waals surface area contributed by atoms with Crippen molar-refractivity contribution in [3.8, 4) is 0 Å². The molecule has 0 saturated heterocycles. The molecule has 124 valence electrons. The van der Waals surface area contributed by atoms with Gasteiger partial charge in [-0.25, -0.2) is 0 Å². The van der Waals surface area contributed by atoms with E-state index < -0.39 is 0 Å². The smallest absolute Gasteiger partial charge is 0.0107 e. The Morgan fingerprint density at radius 1 is 1.14 bits per heavy atom. The minimum absolute atomic E-state index is 0.974. The standard InChI is InChI=1S/C19H32N2S/c1-2-21(17-18-9-6-7-10-18)15-14-20-13-8-16-22-19-11-4-3-5-12-19/h3-5,11-12,18,20H,2,6-10,13-17H2,1H3. The highest BCUT2D eigenvalue weighted by molar-refractivity contribution is 7.99.